The molecule has 1 heterocycles. The number of amides is 1. The molecule has 0 fully saturated rings. The van der Waals surface area contributed by atoms with Gasteiger partial charge in [0.25, 0.3) is 0 Å². The molecule has 1 aromatic carbocycles. The van der Waals surface area contributed by atoms with E-state index in [2.05, 4.69) is 10.4 Å². The van der Waals surface area contributed by atoms with Crippen LogP contribution < -0.4 is 5.32 Å². The van der Waals surface area contributed by atoms with Crippen molar-refractivity contribution in [2.75, 3.05) is 5.32 Å². The summed E-state index contributed by atoms with van der Waals surface area (Å²) in [5.74, 6) is -1.03. The molecule has 0 bridgehead atoms. The van der Waals surface area contributed by atoms with Crippen molar-refractivity contribution in [1.82, 2.24) is 9.78 Å². The van der Waals surface area contributed by atoms with Crippen molar-refractivity contribution in [3.8, 4) is 0 Å². The fourth-order valence-corrected chi connectivity index (χ4v) is 2.18. The Morgan fingerprint density at radius 2 is 2.22 bits per heavy atom. The van der Waals surface area contributed by atoms with Crippen LogP contribution in [0.25, 0.3) is 0 Å². The number of anilines is 1. The molecule has 2 rings (SSSR count). The molecule has 0 saturated carbocycles. The van der Waals surface area contributed by atoms with Crippen LogP contribution in [0.1, 0.15) is 18.5 Å². The molecule has 7 nitrogen and oxygen atoms in total. The maximum absolute atomic E-state index is 13.0. The quantitative estimate of drug-likeness (QED) is 0.645. The van der Waals surface area contributed by atoms with Crippen LogP contribution in [0.3, 0.4) is 0 Å². The maximum atomic E-state index is 13.0. The van der Waals surface area contributed by atoms with Crippen LogP contribution >= 0.6 is 11.6 Å². The first-order valence-electron chi connectivity index (χ1n) is 6.80. The Morgan fingerprint density at radius 3 is 2.83 bits per heavy atom. The standard InChI is InChI=1S/C14H14ClFN4O3/c1-9-7-13(20(22)23)18-19(9)6-2-3-14(21)17-10-4-5-12(16)11(15)8-10/h4-5,7-8H,2-3,6H2,1H3,(H,17,21). The summed E-state index contributed by atoms with van der Waals surface area (Å²) in [6, 6.07) is 5.29. The van der Waals surface area contributed by atoms with E-state index in [-0.39, 0.29) is 23.2 Å². The minimum absolute atomic E-state index is 0.0673. The molecule has 2 aromatic rings. The Labute approximate surface area is 136 Å². The lowest BCUT2D eigenvalue weighted by Crippen LogP contribution is -2.13. The van der Waals surface area contributed by atoms with Crippen LogP contribution in [0.4, 0.5) is 15.9 Å². The lowest BCUT2D eigenvalue weighted by Gasteiger charge is -2.06. The van der Waals surface area contributed by atoms with Crippen molar-refractivity contribution in [2.45, 2.75) is 26.3 Å². The number of nitrogens with one attached hydrogen (secondary N) is 1. The van der Waals surface area contributed by atoms with Crippen LogP contribution in [-0.2, 0) is 11.3 Å². The number of benzene rings is 1. The Hall–Kier alpha value is -2.48. The Kier molecular flexibility index (Phi) is 5.28. The average molecular weight is 341 g/mol. The summed E-state index contributed by atoms with van der Waals surface area (Å²) in [6.45, 7) is 2.10. The SMILES string of the molecule is Cc1cc([N+](=O)[O-])nn1CCCC(=O)Nc1ccc(F)c(Cl)c1. The molecule has 0 atom stereocenters. The number of hydrogen-bond donors (Lipinski definition) is 1. The summed E-state index contributed by atoms with van der Waals surface area (Å²) in [5, 5.41) is 17.0. The van der Waals surface area contributed by atoms with E-state index in [9.17, 15) is 19.3 Å². The van der Waals surface area contributed by atoms with Gasteiger partial charge in [0, 0.05) is 12.1 Å². The summed E-state index contributed by atoms with van der Waals surface area (Å²) < 4.78 is 14.5. The Bertz CT molecular complexity index is 748. The second kappa shape index (κ2) is 7.19. The second-order valence-corrected chi connectivity index (χ2v) is 5.31. The van der Waals surface area contributed by atoms with Crippen molar-refractivity contribution in [1.29, 1.82) is 0 Å². The topological polar surface area (TPSA) is 90.1 Å². The first-order valence-corrected chi connectivity index (χ1v) is 7.18. The molecule has 0 saturated heterocycles. The number of nitrogens with zero attached hydrogens (tertiary/aromatic N) is 3. The van der Waals surface area contributed by atoms with Crippen LogP contribution in [0.5, 0.6) is 0 Å². The van der Waals surface area contributed by atoms with Gasteiger partial charge in [0.05, 0.1) is 28.4 Å². The highest BCUT2D eigenvalue weighted by molar-refractivity contribution is 6.31. The molecule has 1 N–H and O–H groups in total. The van der Waals surface area contributed by atoms with Crippen molar-refractivity contribution in [2.24, 2.45) is 0 Å². The number of aryl methyl sites for hydroxylation is 2. The summed E-state index contributed by atoms with van der Waals surface area (Å²) in [6.07, 6.45) is 0.655. The third kappa shape index (κ3) is 4.49. The van der Waals surface area contributed by atoms with E-state index in [4.69, 9.17) is 11.6 Å². The predicted octanol–water partition coefficient (Wildman–Crippen LogP) is 3.31. The van der Waals surface area contributed by atoms with Crippen LogP contribution in [0, 0.1) is 22.9 Å². The third-order valence-electron chi connectivity index (χ3n) is 3.13. The molecule has 0 aliphatic rings. The molecule has 0 radical (unpaired) electrons. The molecular weight excluding hydrogens is 327 g/mol. The lowest BCUT2D eigenvalue weighted by molar-refractivity contribution is -0.389. The fraction of sp³-hybridized carbons (Fsp3) is 0.286. The molecule has 23 heavy (non-hydrogen) atoms. The van der Waals surface area contributed by atoms with Gasteiger partial charge in [-0.1, -0.05) is 11.6 Å². The van der Waals surface area contributed by atoms with E-state index in [1.165, 1.54) is 28.9 Å². The van der Waals surface area contributed by atoms with Gasteiger partial charge in [-0.15, -0.1) is 0 Å². The van der Waals surface area contributed by atoms with Crippen LogP contribution in [0.15, 0.2) is 24.3 Å². The summed E-state index contributed by atoms with van der Waals surface area (Å²) in [5.41, 5.74) is 1.06. The van der Waals surface area contributed by atoms with Crippen molar-refractivity contribution >= 4 is 29.0 Å². The second-order valence-electron chi connectivity index (χ2n) is 4.90. The fourth-order valence-electron chi connectivity index (χ4n) is 2.00. The van der Waals surface area contributed by atoms with E-state index in [0.29, 0.717) is 24.3 Å². The summed E-state index contributed by atoms with van der Waals surface area (Å²) in [4.78, 5) is 21.9. The average Bonchev–Trinajstić information content (AvgIpc) is 2.85. The normalized spacial score (nSPS) is 10.6. The summed E-state index contributed by atoms with van der Waals surface area (Å²) in [7, 11) is 0. The molecule has 0 aliphatic carbocycles. The van der Waals surface area contributed by atoms with E-state index in [0.717, 1.165) is 0 Å². The first kappa shape index (κ1) is 16.9. The largest absolute Gasteiger partial charge is 0.390 e. The Morgan fingerprint density at radius 1 is 1.48 bits per heavy atom. The van der Waals surface area contributed by atoms with Gasteiger partial charge < -0.3 is 15.4 Å². The molecule has 0 spiro atoms. The smallest absolute Gasteiger partial charge is 0.358 e. The lowest BCUT2D eigenvalue weighted by atomic mass is 10.2. The van der Waals surface area contributed by atoms with E-state index >= 15 is 0 Å². The van der Waals surface area contributed by atoms with Crippen molar-refractivity contribution in [3.05, 3.63) is 50.9 Å². The monoisotopic (exact) mass is 340 g/mol. The molecule has 1 aromatic heterocycles. The zero-order valence-electron chi connectivity index (χ0n) is 12.3. The van der Waals surface area contributed by atoms with E-state index in [1.807, 2.05) is 0 Å². The number of carbonyl (C=O) groups excluding carboxylic acids is 1. The number of halogens is 2. The van der Waals surface area contributed by atoms with Crippen LogP contribution in [-0.4, -0.2) is 20.6 Å². The van der Waals surface area contributed by atoms with Crippen LogP contribution in [0.2, 0.25) is 5.02 Å². The molecule has 0 unspecified atom stereocenters. The Balaban J connectivity index is 1.85. The van der Waals surface area contributed by atoms with E-state index < -0.39 is 10.7 Å². The predicted molar refractivity (Wildman–Crippen MR) is 82.9 cm³/mol. The van der Waals surface area contributed by atoms with Gasteiger partial charge in [-0.3, -0.25) is 4.79 Å². The highest BCUT2D eigenvalue weighted by Gasteiger charge is 2.15. The summed E-state index contributed by atoms with van der Waals surface area (Å²) >= 11 is 5.63. The maximum Gasteiger partial charge on any atom is 0.390 e. The van der Waals surface area contributed by atoms with Gasteiger partial charge >= 0.3 is 5.82 Å². The highest BCUT2D eigenvalue weighted by atomic mass is 35.5. The molecule has 122 valence electrons. The van der Waals surface area contributed by atoms with Gasteiger partial charge in [0.1, 0.15) is 5.82 Å². The van der Waals surface area contributed by atoms with E-state index in [1.54, 1.807) is 6.92 Å². The number of aromatic nitrogens is 2. The molecular formula is C14H14ClFN4O3. The van der Waals surface area contributed by atoms with Gasteiger partial charge in [0.2, 0.25) is 5.91 Å². The minimum atomic E-state index is -0.561. The van der Waals surface area contributed by atoms with Crippen molar-refractivity contribution in [3.63, 3.8) is 0 Å². The number of rotatable bonds is 6. The third-order valence-corrected chi connectivity index (χ3v) is 3.42. The van der Waals surface area contributed by atoms with Gasteiger partial charge in [0.15, 0.2) is 0 Å². The minimum Gasteiger partial charge on any atom is -0.358 e. The molecule has 9 heteroatoms. The first-order chi connectivity index (χ1) is 10.9. The van der Waals surface area contributed by atoms with Gasteiger partial charge in [-0.05, 0) is 36.5 Å². The number of hydrogen-bond acceptors (Lipinski definition) is 4. The zero-order chi connectivity index (χ0) is 17.0. The highest BCUT2D eigenvalue weighted by Crippen LogP contribution is 2.19. The molecule has 0 aliphatic heterocycles. The van der Waals surface area contributed by atoms with Crippen molar-refractivity contribution < 1.29 is 14.1 Å². The molecule has 1 amide bonds. The van der Waals surface area contributed by atoms with Gasteiger partial charge in [-0.25, -0.2) is 4.39 Å². The number of nitro groups is 1. The number of carbonyl (C=O) groups is 1. The zero-order valence-corrected chi connectivity index (χ0v) is 13.0. The van der Waals surface area contributed by atoms with Gasteiger partial charge in [-0.2, -0.15) is 4.68 Å².